The quantitative estimate of drug-likeness (QED) is 0.617. The average Bonchev–Trinajstić information content (AvgIpc) is 2.82. The van der Waals surface area contributed by atoms with Crippen molar-refractivity contribution in [2.45, 2.75) is 19.3 Å². The molecular formula is C11H11N3O2S. The van der Waals surface area contributed by atoms with Crippen LogP contribution >= 0.6 is 11.3 Å². The molecule has 1 atom stereocenters. The lowest BCUT2D eigenvalue weighted by atomic mass is 9.98. The molecule has 0 saturated carbocycles. The summed E-state index contributed by atoms with van der Waals surface area (Å²) in [5.41, 5.74) is 2.77. The lowest BCUT2D eigenvalue weighted by Gasteiger charge is -2.09. The van der Waals surface area contributed by atoms with E-state index in [1.807, 2.05) is 13.0 Å². The number of rotatable bonds is 4. The molecule has 0 radical (unpaired) electrons. The van der Waals surface area contributed by atoms with Crippen LogP contribution in [0.25, 0.3) is 0 Å². The largest absolute Gasteiger partial charge is 0.269 e. The molecule has 0 aliphatic rings. The highest BCUT2D eigenvalue weighted by Crippen LogP contribution is 2.24. The molecule has 0 spiro atoms. The summed E-state index contributed by atoms with van der Waals surface area (Å²) in [5.74, 6) is 0.197. The fourth-order valence-electron chi connectivity index (χ4n) is 1.61. The third-order valence-electron chi connectivity index (χ3n) is 2.54. The predicted octanol–water partition coefficient (Wildman–Crippen LogP) is 2.79. The molecule has 88 valence electrons. The third kappa shape index (κ3) is 2.85. The van der Waals surface area contributed by atoms with Gasteiger partial charge in [-0.15, -0.1) is 21.5 Å². The van der Waals surface area contributed by atoms with Crippen LogP contribution in [0, 0.1) is 10.1 Å². The monoisotopic (exact) mass is 249 g/mol. The van der Waals surface area contributed by atoms with Crippen LogP contribution in [0.5, 0.6) is 0 Å². The van der Waals surface area contributed by atoms with E-state index in [0.29, 0.717) is 0 Å². The Kier molecular flexibility index (Phi) is 3.43. The van der Waals surface area contributed by atoms with Crippen molar-refractivity contribution in [1.82, 2.24) is 10.2 Å². The predicted molar refractivity (Wildman–Crippen MR) is 65.1 cm³/mol. The topological polar surface area (TPSA) is 68.9 Å². The van der Waals surface area contributed by atoms with Gasteiger partial charge in [0.05, 0.1) is 4.92 Å². The molecule has 6 heteroatoms. The van der Waals surface area contributed by atoms with Crippen LogP contribution in [0.15, 0.2) is 29.8 Å². The summed E-state index contributed by atoms with van der Waals surface area (Å²) in [5, 5.41) is 19.4. The molecule has 0 bridgehead atoms. The normalized spacial score (nSPS) is 12.3. The Labute approximate surface area is 102 Å². The van der Waals surface area contributed by atoms with Crippen molar-refractivity contribution < 1.29 is 4.92 Å². The summed E-state index contributed by atoms with van der Waals surface area (Å²) in [7, 11) is 0. The molecule has 0 saturated heterocycles. The summed E-state index contributed by atoms with van der Waals surface area (Å²) >= 11 is 1.50. The molecule has 0 N–H and O–H groups in total. The SMILES string of the molecule is C[C@H](Cc1nncs1)c1cccc([N+](=O)[O-])c1. The minimum Gasteiger partial charge on any atom is -0.258 e. The van der Waals surface area contributed by atoms with Gasteiger partial charge in [0.25, 0.3) is 5.69 Å². The molecular weight excluding hydrogens is 238 g/mol. The Morgan fingerprint density at radius 2 is 2.35 bits per heavy atom. The minimum absolute atomic E-state index is 0.131. The molecule has 0 aliphatic heterocycles. The zero-order valence-electron chi connectivity index (χ0n) is 9.24. The van der Waals surface area contributed by atoms with E-state index in [4.69, 9.17) is 0 Å². The van der Waals surface area contributed by atoms with Gasteiger partial charge in [-0.1, -0.05) is 19.1 Å². The van der Waals surface area contributed by atoms with E-state index in [2.05, 4.69) is 10.2 Å². The van der Waals surface area contributed by atoms with E-state index < -0.39 is 0 Å². The first-order valence-corrected chi connectivity index (χ1v) is 6.04. The summed E-state index contributed by atoms with van der Waals surface area (Å²) in [6.07, 6.45) is 0.756. The Hall–Kier alpha value is -1.82. The number of nitro groups is 1. The van der Waals surface area contributed by atoms with Crippen LogP contribution in [-0.4, -0.2) is 15.1 Å². The van der Waals surface area contributed by atoms with Crippen molar-refractivity contribution in [1.29, 1.82) is 0 Å². The van der Waals surface area contributed by atoms with Gasteiger partial charge >= 0.3 is 0 Å². The number of nitro benzene ring substituents is 1. The number of benzene rings is 1. The lowest BCUT2D eigenvalue weighted by molar-refractivity contribution is -0.384. The first-order chi connectivity index (χ1) is 8.16. The van der Waals surface area contributed by atoms with Crippen molar-refractivity contribution in [3.05, 3.63) is 50.5 Å². The maximum Gasteiger partial charge on any atom is 0.269 e. The van der Waals surface area contributed by atoms with Crippen molar-refractivity contribution in [2.75, 3.05) is 0 Å². The van der Waals surface area contributed by atoms with E-state index in [0.717, 1.165) is 17.0 Å². The van der Waals surface area contributed by atoms with Crippen LogP contribution in [0.1, 0.15) is 23.4 Å². The zero-order chi connectivity index (χ0) is 12.3. The van der Waals surface area contributed by atoms with Gasteiger partial charge in [0.2, 0.25) is 0 Å². The number of hydrogen-bond acceptors (Lipinski definition) is 5. The number of aromatic nitrogens is 2. The van der Waals surface area contributed by atoms with Crippen LogP contribution in [-0.2, 0) is 6.42 Å². The molecule has 0 amide bonds. The van der Waals surface area contributed by atoms with Gasteiger partial charge in [-0.3, -0.25) is 10.1 Å². The molecule has 5 nitrogen and oxygen atoms in total. The van der Waals surface area contributed by atoms with Gasteiger partial charge in [0.1, 0.15) is 10.5 Å². The fraction of sp³-hybridized carbons (Fsp3) is 0.273. The molecule has 0 fully saturated rings. The molecule has 1 aromatic carbocycles. The Balaban J connectivity index is 2.16. The molecule has 17 heavy (non-hydrogen) atoms. The van der Waals surface area contributed by atoms with E-state index in [1.54, 1.807) is 17.6 Å². The molecule has 2 aromatic rings. The van der Waals surface area contributed by atoms with Crippen molar-refractivity contribution >= 4 is 17.0 Å². The highest BCUT2D eigenvalue weighted by molar-refractivity contribution is 7.09. The van der Waals surface area contributed by atoms with Gasteiger partial charge in [0, 0.05) is 18.6 Å². The highest BCUT2D eigenvalue weighted by atomic mass is 32.1. The number of hydrogen-bond donors (Lipinski definition) is 0. The average molecular weight is 249 g/mol. The van der Waals surface area contributed by atoms with E-state index in [-0.39, 0.29) is 16.5 Å². The van der Waals surface area contributed by atoms with Crippen molar-refractivity contribution in [3.63, 3.8) is 0 Å². The van der Waals surface area contributed by atoms with Crippen molar-refractivity contribution in [2.24, 2.45) is 0 Å². The highest BCUT2D eigenvalue weighted by Gasteiger charge is 2.12. The third-order valence-corrected chi connectivity index (χ3v) is 3.26. The molecule has 0 unspecified atom stereocenters. The summed E-state index contributed by atoms with van der Waals surface area (Å²) in [6, 6.07) is 6.73. The van der Waals surface area contributed by atoms with Crippen LogP contribution in [0.2, 0.25) is 0 Å². The number of nitrogens with zero attached hydrogens (tertiary/aromatic N) is 3. The first-order valence-electron chi connectivity index (χ1n) is 5.16. The van der Waals surface area contributed by atoms with Gasteiger partial charge < -0.3 is 0 Å². The summed E-state index contributed by atoms with van der Waals surface area (Å²) in [4.78, 5) is 10.3. The van der Waals surface area contributed by atoms with Gasteiger partial charge in [0.15, 0.2) is 0 Å². The molecule has 1 heterocycles. The Morgan fingerprint density at radius 3 is 3.00 bits per heavy atom. The smallest absolute Gasteiger partial charge is 0.258 e. The number of non-ortho nitro benzene ring substituents is 1. The second-order valence-electron chi connectivity index (χ2n) is 3.79. The van der Waals surface area contributed by atoms with Gasteiger partial charge in [-0.2, -0.15) is 0 Å². The van der Waals surface area contributed by atoms with Crippen molar-refractivity contribution in [3.8, 4) is 0 Å². The Morgan fingerprint density at radius 1 is 1.53 bits per heavy atom. The lowest BCUT2D eigenvalue weighted by Crippen LogP contribution is -1.99. The molecule has 0 aliphatic carbocycles. The van der Waals surface area contributed by atoms with Crippen LogP contribution < -0.4 is 0 Å². The maximum absolute atomic E-state index is 10.7. The molecule has 2 rings (SSSR count). The summed E-state index contributed by atoms with van der Waals surface area (Å²) < 4.78 is 0. The van der Waals surface area contributed by atoms with Gasteiger partial charge in [-0.05, 0) is 11.5 Å². The molecule has 1 aromatic heterocycles. The van der Waals surface area contributed by atoms with Gasteiger partial charge in [-0.25, -0.2) is 0 Å². The van der Waals surface area contributed by atoms with Crippen LogP contribution in [0.3, 0.4) is 0 Å². The second kappa shape index (κ2) is 5.01. The van der Waals surface area contributed by atoms with E-state index >= 15 is 0 Å². The second-order valence-corrected chi connectivity index (χ2v) is 4.71. The Bertz CT molecular complexity index is 513. The standard InChI is InChI=1S/C11H11N3O2S/c1-8(5-11-13-12-7-17-11)9-3-2-4-10(6-9)14(15)16/h2-4,6-8H,5H2,1H3/t8-/m1/s1. The first kappa shape index (κ1) is 11.7. The zero-order valence-corrected chi connectivity index (χ0v) is 10.1. The maximum atomic E-state index is 10.7. The minimum atomic E-state index is -0.374. The summed E-state index contributed by atoms with van der Waals surface area (Å²) in [6.45, 7) is 2.03. The fourth-order valence-corrected chi connectivity index (χ4v) is 2.27. The van der Waals surface area contributed by atoms with Crippen LogP contribution in [0.4, 0.5) is 5.69 Å². The van der Waals surface area contributed by atoms with E-state index in [9.17, 15) is 10.1 Å². The van der Waals surface area contributed by atoms with E-state index in [1.165, 1.54) is 17.4 Å².